The summed E-state index contributed by atoms with van der Waals surface area (Å²) in [7, 11) is 1.30. The Morgan fingerprint density at radius 2 is 2.32 bits per heavy atom. The minimum absolute atomic E-state index is 0.0204. The van der Waals surface area contributed by atoms with Crippen molar-refractivity contribution in [2.45, 2.75) is 32.2 Å². The predicted octanol–water partition coefficient (Wildman–Crippen LogP) is 0.453. The van der Waals surface area contributed by atoms with Crippen molar-refractivity contribution in [3.05, 3.63) is 11.8 Å². The molecule has 0 saturated carbocycles. The average molecular weight is 271 g/mol. The molecule has 6 heteroatoms. The second-order valence-electron chi connectivity index (χ2n) is 4.43. The molecule has 1 atom stereocenters. The van der Waals surface area contributed by atoms with E-state index in [1.165, 1.54) is 7.11 Å². The number of aliphatic hydroxyl groups is 1. The number of nitrogens with zero attached hydrogens (tertiary/aromatic N) is 1. The molecule has 0 bridgehead atoms. The summed E-state index contributed by atoms with van der Waals surface area (Å²) in [5.41, 5.74) is 0.744. The zero-order chi connectivity index (χ0) is 14.3. The first-order valence-corrected chi connectivity index (χ1v) is 6.34. The third-order valence-electron chi connectivity index (χ3n) is 3.10. The number of hydrogen-bond acceptors (Lipinski definition) is 5. The molecule has 6 nitrogen and oxygen atoms in total. The van der Waals surface area contributed by atoms with Crippen molar-refractivity contribution in [1.82, 2.24) is 4.90 Å². The number of carbonyl (C=O) groups excluding carboxylic acids is 2. The van der Waals surface area contributed by atoms with E-state index in [9.17, 15) is 14.7 Å². The van der Waals surface area contributed by atoms with E-state index in [-0.39, 0.29) is 31.8 Å². The van der Waals surface area contributed by atoms with Gasteiger partial charge in [-0.15, -0.1) is 0 Å². The smallest absolute Gasteiger partial charge is 0.331 e. The number of piperidine rings is 1. The first-order valence-electron chi connectivity index (χ1n) is 6.34. The van der Waals surface area contributed by atoms with Gasteiger partial charge < -0.3 is 19.5 Å². The van der Waals surface area contributed by atoms with Crippen molar-refractivity contribution in [2.75, 3.05) is 26.9 Å². The van der Waals surface area contributed by atoms with Gasteiger partial charge >= 0.3 is 5.97 Å². The maximum Gasteiger partial charge on any atom is 0.331 e. The largest absolute Gasteiger partial charge is 0.467 e. The highest BCUT2D eigenvalue weighted by Gasteiger charge is 2.28. The summed E-state index contributed by atoms with van der Waals surface area (Å²) in [4.78, 5) is 24.3. The van der Waals surface area contributed by atoms with Gasteiger partial charge in [0.25, 0.3) is 0 Å². The topological polar surface area (TPSA) is 76.1 Å². The minimum Gasteiger partial charge on any atom is -0.467 e. The summed E-state index contributed by atoms with van der Waals surface area (Å²) in [6.07, 6.45) is 3.85. The molecule has 1 N–H and O–H groups in total. The van der Waals surface area contributed by atoms with Gasteiger partial charge in [0, 0.05) is 12.1 Å². The standard InChI is InChI=1S/C13H21NO5/c1-10(6-7-19-9-13(17)18-2)14-11(8-15)4-3-5-12(14)16/h6,11,15H,3-5,7-9H2,1-2H3. The molecule has 1 fully saturated rings. The van der Waals surface area contributed by atoms with E-state index >= 15 is 0 Å². The molecule has 0 radical (unpaired) electrons. The molecular weight excluding hydrogens is 250 g/mol. The number of amides is 1. The third-order valence-corrected chi connectivity index (χ3v) is 3.10. The molecule has 0 aliphatic carbocycles. The van der Waals surface area contributed by atoms with Crippen molar-refractivity contribution in [3.63, 3.8) is 0 Å². The number of aliphatic hydroxyl groups excluding tert-OH is 1. The first kappa shape index (κ1) is 15.7. The molecule has 19 heavy (non-hydrogen) atoms. The SMILES string of the molecule is COC(=O)COCC=C(C)N1C(=O)CCCC1CO. The average Bonchev–Trinajstić information content (AvgIpc) is 2.42. The maximum atomic E-state index is 11.9. The van der Waals surface area contributed by atoms with Crippen LogP contribution in [0.1, 0.15) is 26.2 Å². The van der Waals surface area contributed by atoms with Crippen LogP contribution in [0, 0.1) is 0 Å². The number of rotatable bonds is 6. The van der Waals surface area contributed by atoms with Crippen LogP contribution in [0.25, 0.3) is 0 Å². The molecule has 0 aromatic rings. The van der Waals surface area contributed by atoms with Gasteiger partial charge in [0.05, 0.1) is 26.4 Å². The lowest BCUT2D eigenvalue weighted by Gasteiger charge is -2.35. The van der Waals surface area contributed by atoms with Gasteiger partial charge in [-0.25, -0.2) is 4.79 Å². The Balaban J connectivity index is 2.51. The molecular formula is C13H21NO5. The highest BCUT2D eigenvalue weighted by Crippen LogP contribution is 2.22. The van der Waals surface area contributed by atoms with Crippen molar-refractivity contribution in [2.24, 2.45) is 0 Å². The van der Waals surface area contributed by atoms with E-state index in [0.29, 0.717) is 6.42 Å². The number of hydrogen-bond donors (Lipinski definition) is 1. The Labute approximate surface area is 113 Å². The molecule has 1 aliphatic heterocycles. The number of likely N-dealkylation sites (tertiary alicyclic amines) is 1. The van der Waals surface area contributed by atoms with E-state index < -0.39 is 5.97 Å². The third kappa shape index (κ3) is 4.65. The normalized spacial score (nSPS) is 20.6. The minimum atomic E-state index is -0.437. The number of allylic oxidation sites excluding steroid dienone is 1. The van der Waals surface area contributed by atoms with Gasteiger partial charge in [0.1, 0.15) is 6.61 Å². The van der Waals surface area contributed by atoms with Gasteiger partial charge in [-0.1, -0.05) is 0 Å². The fourth-order valence-electron chi connectivity index (χ4n) is 2.08. The monoisotopic (exact) mass is 271 g/mol. The lowest BCUT2D eigenvalue weighted by molar-refractivity contribution is -0.145. The van der Waals surface area contributed by atoms with Gasteiger partial charge in [-0.05, 0) is 25.8 Å². The van der Waals surface area contributed by atoms with Crippen LogP contribution in [-0.2, 0) is 19.1 Å². The zero-order valence-electron chi connectivity index (χ0n) is 11.4. The number of methoxy groups -OCH3 is 1. The van der Waals surface area contributed by atoms with Gasteiger partial charge in [0.15, 0.2) is 0 Å². The lowest BCUT2D eigenvalue weighted by Crippen LogP contribution is -2.44. The van der Waals surface area contributed by atoms with Crippen LogP contribution in [0.2, 0.25) is 0 Å². The number of esters is 1. The van der Waals surface area contributed by atoms with Gasteiger partial charge in [0.2, 0.25) is 5.91 Å². The van der Waals surface area contributed by atoms with Crippen molar-refractivity contribution in [1.29, 1.82) is 0 Å². The summed E-state index contributed by atoms with van der Waals surface area (Å²) in [5.74, 6) is -0.416. The van der Waals surface area contributed by atoms with E-state index in [2.05, 4.69) is 4.74 Å². The summed E-state index contributed by atoms with van der Waals surface area (Å²) in [6, 6.07) is -0.155. The second kappa shape index (κ2) is 7.91. The highest BCUT2D eigenvalue weighted by atomic mass is 16.6. The van der Waals surface area contributed by atoms with Crippen molar-refractivity contribution in [3.8, 4) is 0 Å². The number of ether oxygens (including phenoxy) is 2. The van der Waals surface area contributed by atoms with E-state index in [1.807, 2.05) is 0 Å². The lowest BCUT2D eigenvalue weighted by atomic mass is 10.0. The van der Waals surface area contributed by atoms with Crippen molar-refractivity contribution >= 4 is 11.9 Å². The zero-order valence-corrected chi connectivity index (χ0v) is 11.4. The van der Waals surface area contributed by atoms with Crippen LogP contribution >= 0.6 is 0 Å². The highest BCUT2D eigenvalue weighted by molar-refractivity contribution is 5.79. The molecule has 0 aromatic heterocycles. The molecule has 0 aromatic carbocycles. The molecule has 108 valence electrons. The summed E-state index contributed by atoms with van der Waals surface area (Å²) >= 11 is 0. The Morgan fingerprint density at radius 3 is 2.95 bits per heavy atom. The maximum absolute atomic E-state index is 11.9. The van der Waals surface area contributed by atoms with Crippen LogP contribution in [0.4, 0.5) is 0 Å². The van der Waals surface area contributed by atoms with Crippen LogP contribution in [0.15, 0.2) is 11.8 Å². The fourth-order valence-corrected chi connectivity index (χ4v) is 2.08. The quantitative estimate of drug-likeness (QED) is 0.561. The molecule has 1 amide bonds. The molecule has 1 unspecified atom stereocenters. The van der Waals surface area contributed by atoms with Gasteiger partial charge in [-0.2, -0.15) is 0 Å². The molecule has 0 spiro atoms. The van der Waals surface area contributed by atoms with Gasteiger partial charge in [-0.3, -0.25) is 4.79 Å². The second-order valence-corrected chi connectivity index (χ2v) is 4.43. The fraction of sp³-hybridized carbons (Fsp3) is 0.692. The van der Waals surface area contributed by atoms with Crippen LogP contribution < -0.4 is 0 Å². The molecule has 1 saturated heterocycles. The van der Waals surface area contributed by atoms with E-state index in [1.54, 1.807) is 17.9 Å². The van der Waals surface area contributed by atoms with Crippen molar-refractivity contribution < 1.29 is 24.2 Å². The van der Waals surface area contributed by atoms with E-state index in [4.69, 9.17) is 4.74 Å². The van der Waals surface area contributed by atoms with Crippen LogP contribution in [0.5, 0.6) is 0 Å². The van der Waals surface area contributed by atoms with E-state index in [0.717, 1.165) is 18.5 Å². The molecule has 1 rings (SSSR count). The summed E-state index contributed by atoms with van der Waals surface area (Å²) < 4.78 is 9.54. The number of carbonyl (C=O) groups is 2. The summed E-state index contributed by atoms with van der Waals surface area (Å²) in [5, 5.41) is 9.29. The Bertz CT molecular complexity index is 353. The molecule has 1 heterocycles. The van der Waals surface area contributed by atoms with Crippen LogP contribution in [-0.4, -0.2) is 54.9 Å². The van der Waals surface area contributed by atoms with Crippen LogP contribution in [0.3, 0.4) is 0 Å². The Hall–Kier alpha value is -1.40. The predicted molar refractivity (Wildman–Crippen MR) is 68.2 cm³/mol. The Kier molecular flexibility index (Phi) is 6.52. The Morgan fingerprint density at radius 1 is 1.58 bits per heavy atom. The first-order chi connectivity index (χ1) is 9.10. The molecule has 1 aliphatic rings. The summed E-state index contributed by atoms with van der Waals surface area (Å²) in [6.45, 7) is 1.87.